The Morgan fingerprint density at radius 2 is 1.91 bits per heavy atom. The summed E-state index contributed by atoms with van der Waals surface area (Å²) in [6.45, 7) is 1.66. The minimum absolute atomic E-state index is 0.0649. The number of aromatic amines is 1. The van der Waals surface area contributed by atoms with Crippen molar-refractivity contribution in [2.24, 2.45) is 0 Å². The molecular formula is C23H28N4O6. The molecule has 2 aromatic rings. The van der Waals surface area contributed by atoms with Crippen molar-refractivity contribution in [1.29, 1.82) is 0 Å². The van der Waals surface area contributed by atoms with Crippen LogP contribution in [-0.2, 0) is 25.6 Å². The van der Waals surface area contributed by atoms with Gasteiger partial charge in [0, 0.05) is 26.3 Å². The number of allylic oxidation sites excluding steroid dienone is 3. The molecule has 1 aromatic heterocycles. The second-order valence-corrected chi connectivity index (χ2v) is 6.95. The highest BCUT2D eigenvalue weighted by molar-refractivity contribution is 5.97. The number of ether oxygens (including phenoxy) is 2. The highest BCUT2D eigenvalue weighted by atomic mass is 16.5. The normalized spacial score (nSPS) is 11.2. The highest BCUT2D eigenvalue weighted by Gasteiger charge is 2.25. The summed E-state index contributed by atoms with van der Waals surface area (Å²) in [7, 11) is 1.51. The van der Waals surface area contributed by atoms with Crippen LogP contribution in [0.5, 0.6) is 0 Å². The standard InChI is InChI=1S/C23H28N4O6/c1-3-4-6-12-19(29)33-16-18(28)26(13-9-14-32-2)20-21(24)27(23(31)25-22(20)30)15-17-10-7-5-8-11-17/h3-8,10-12H,9,13-16,24H2,1-2H3,(H,25,30,31)/b4-3+,12-6+. The fourth-order valence-corrected chi connectivity index (χ4v) is 2.99. The summed E-state index contributed by atoms with van der Waals surface area (Å²) in [6.07, 6.45) is 6.39. The van der Waals surface area contributed by atoms with Gasteiger partial charge in [-0.2, -0.15) is 0 Å². The summed E-state index contributed by atoms with van der Waals surface area (Å²) < 4.78 is 11.2. The maximum atomic E-state index is 12.9. The predicted octanol–water partition coefficient (Wildman–Crippen LogP) is 1.21. The molecule has 176 valence electrons. The first-order valence-electron chi connectivity index (χ1n) is 10.3. The zero-order valence-electron chi connectivity index (χ0n) is 18.7. The van der Waals surface area contributed by atoms with Gasteiger partial charge in [-0.3, -0.25) is 19.1 Å². The molecule has 0 saturated carbocycles. The number of carbonyl (C=O) groups is 2. The fourth-order valence-electron chi connectivity index (χ4n) is 2.99. The summed E-state index contributed by atoms with van der Waals surface area (Å²) in [4.78, 5) is 53.1. The van der Waals surface area contributed by atoms with E-state index in [1.54, 1.807) is 31.2 Å². The summed E-state index contributed by atoms with van der Waals surface area (Å²) in [5.74, 6) is -1.55. The van der Waals surface area contributed by atoms with Crippen molar-refractivity contribution in [2.45, 2.75) is 19.9 Å². The van der Waals surface area contributed by atoms with Crippen molar-refractivity contribution in [3.05, 3.63) is 81.0 Å². The SMILES string of the molecule is C/C=C/C=C/C(=O)OCC(=O)N(CCCOC)c1c(N)n(Cc2ccccc2)c(=O)[nH]c1=O. The van der Waals surface area contributed by atoms with E-state index in [4.69, 9.17) is 15.2 Å². The smallest absolute Gasteiger partial charge is 0.331 e. The molecule has 10 nitrogen and oxygen atoms in total. The molecule has 0 atom stereocenters. The molecule has 2 rings (SSSR count). The fraction of sp³-hybridized carbons (Fsp3) is 0.304. The molecule has 0 fully saturated rings. The summed E-state index contributed by atoms with van der Waals surface area (Å²) in [5.41, 5.74) is 5.28. The van der Waals surface area contributed by atoms with E-state index in [2.05, 4.69) is 4.98 Å². The topological polar surface area (TPSA) is 137 Å². The van der Waals surface area contributed by atoms with Crippen LogP contribution in [0.3, 0.4) is 0 Å². The van der Waals surface area contributed by atoms with Crippen LogP contribution in [0.1, 0.15) is 18.9 Å². The van der Waals surface area contributed by atoms with Crippen LogP contribution in [0.4, 0.5) is 11.5 Å². The number of benzene rings is 1. The van der Waals surface area contributed by atoms with Crippen LogP contribution in [-0.4, -0.2) is 48.3 Å². The van der Waals surface area contributed by atoms with Gasteiger partial charge in [-0.05, 0) is 18.9 Å². The minimum atomic E-state index is -0.813. The number of H-pyrrole nitrogens is 1. The quantitative estimate of drug-likeness (QED) is 0.224. The lowest BCUT2D eigenvalue weighted by atomic mass is 10.2. The second kappa shape index (κ2) is 12.8. The number of nitrogen functional groups attached to an aromatic ring is 1. The lowest BCUT2D eigenvalue weighted by Crippen LogP contribution is -2.43. The van der Waals surface area contributed by atoms with E-state index in [9.17, 15) is 19.2 Å². The number of amides is 1. The molecule has 0 aliphatic rings. The van der Waals surface area contributed by atoms with Gasteiger partial charge in [0.05, 0.1) is 6.54 Å². The maximum absolute atomic E-state index is 12.9. The third-order valence-electron chi connectivity index (χ3n) is 4.57. The molecule has 0 aliphatic heterocycles. The van der Waals surface area contributed by atoms with Gasteiger partial charge in [-0.25, -0.2) is 9.59 Å². The van der Waals surface area contributed by atoms with Crippen molar-refractivity contribution in [2.75, 3.05) is 37.5 Å². The number of rotatable bonds is 11. The largest absolute Gasteiger partial charge is 0.452 e. The van der Waals surface area contributed by atoms with Gasteiger partial charge in [-0.15, -0.1) is 0 Å². The molecule has 0 bridgehead atoms. The summed E-state index contributed by atoms with van der Waals surface area (Å²) in [5, 5.41) is 0. The first-order valence-corrected chi connectivity index (χ1v) is 10.3. The Balaban J connectivity index is 2.36. The van der Waals surface area contributed by atoms with E-state index in [1.807, 2.05) is 18.2 Å². The Morgan fingerprint density at radius 1 is 1.18 bits per heavy atom. The number of nitrogens with one attached hydrogen (secondary N) is 1. The molecule has 0 unspecified atom stereocenters. The van der Waals surface area contributed by atoms with Crippen LogP contribution < -0.4 is 21.9 Å². The van der Waals surface area contributed by atoms with Crippen molar-refractivity contribution in [3.63, 3.8) is 0 Å². The highest BCUT2D eigenvalue weighted by Crippen LogP contribution is 2.18. The monoisotopic (exact) mass is 456 g/mol. The molecule has 3 N–H and O–H groups in total. The Hall–Kier alpha value is -3.92. The van der Waals surface area contributed by atoms with E-state index in [0.717, 1.165) is 10.5 Å². The average Bonchev–Trinajstić information content (AvgIpc) is 2.80. The van der Waals surface area contributed by atoms with Gasteiger partial charge >= 0.3 is 11.7 Å². The Labute approximate surface area is 190 Å². The second-order valence-electron chi connectivity index (χ2n) is 6.95. The molecule has 0 spiro atoms. The molecule has 0 radical (unpaired) electrons. The third kappa shape index (κ3) is 7.32. The first kappa shape index (κ1) is 25.3. The van der Waals surface area contributed by atoms with Crippen LogP contribution in [0, 0.1) is 0 Å². The lowest BCUT2D eigenvalue weighted by molar-refractivity contribution is -0.143. The number of methoxy groups -OCH3 is 1. The number of nitrogens with two attached hydrogens (primary N) is 1. The van der Waals surface area contributed by atoms with E-state index in [1.165, 1.54) is 23.8 Å². The molecular weight excluding hydrogens is 428 g/mol. The summed E-state index contributed by atoms with van der Waals surface area (Å²) >= 11 is 0. The molecule has 10 heteroatoms. The molecule has 1 aromatic carbocycles. The number of aromatic nitrogens is 2. The van der Waals surface area contributed by atoms with Gasteiger partial charge in [-0.1, -0.05) is 48.6 Å². The van der Waals surface area contributed by atoms with Gasteiger partial charge in [0.25, 0.3) is 11.5 Å². The van der Waals surface area contributed by atoms with E-state index >= 15 is 0 Å². The lowest BCUT2D eigenvalue weighted by Gasteiger charge is -2.24. The van der Waals surface area contributed by atoms with Gasteiger partial charge < -0.3 is 20.1 Å². The summed E-state index contributed by atoms with van der Waals surface area (Å²) in [6, 6.07) is 9.06. The van der Waals surface area contributed by atoms with Crippen LogP contribution in [0.15, 0.2) is 64.2 Å². The van der Waals surface area contributed by atoms with Crippen molar-refractivity contribution >= 4 is 23.4 Å². The van der Waals surface area contributed by atoms with Gasteiger partial charge in [0.15, 0.2) is 12.3 Å². The molecule has 0 saturated heterocycles. The van der Waals surface area contributed by atoms with Crippen molar-refractivity contribution in [1.82, 2.24) is 9.55 Å². The molecule has 0 aliphatic carbocycles. The zero-order chi connectivity index (χ0) is 24.2. The van der Waals surface area contributed by atoms with E-state index in [-0.39, 0.29) is 24.6 Å². The number of esters is 1. The van der Waals surface area contributed by atoms with Crippen LogP contribution >= 0.6 is 0 Å². The third-order valence-corrected chi connectivity index (χ3v) is 4.57. The number of hydrogen-bond donors (Lipinski definition) is 2. The number of hydrogen-bond acceptors (Lipinski definition) is 7. The van der Waals surface area contributed by atoms with Crippen LogP contribution in [0.2, 0.25) is 0 Å². The maximum Gasteiger partial charge on any atom is 0.331 e. The van der Waals surface area contributed by atoms with Gasteiger partial charge in [0.2, 0.25) is 0 Å². The van der Waals surface area contributed by atoms with Crippen molar-refractivity contribution in [3.8, 4) is 0 Å². The van der Waals surface area contributed by atoms with E-state index < -0.39 is 29.7 Å². The minimum Gasteiger partial charge on any atom is -0.452 e. The Morgan fingerprint density at radius 3 is 2.58 bits per heavy atom. The molecule has 33 heavy (non-hydrogen) atoms. The first-order chi connectivity index (χ1) is 15.9. The number of carbonyl (C=O) groups excluding carboxylic acids is 2. The average molecular weight is 456 g/mol. The molecule has 1 amide bonds. The predicted molar refractivity (Wildman–Crippen MR) is 125 cm³/mol. The zero-order valence-corrected chi connectivity index (χ0v) is 18.7. The van der Waals surface area contributed by atoms with E-state index in [0.29, 0.717) is 13.0 Å². The number of anilines is 2. The van der Waals surface area contributed by atoms with Gasteiger partial charge in [0.1, 0.15) is 5.82 Å². The Kier molecular flexibility index (Phi) is 9.84. The number of nitrogens with zero attached hydrogens (tertiary/aromatic N) is 2. The van der Waals surface area contributed by atoms with Crippen molar-refractivity contribution < 1.29 is 19.1 Å². The Bertz CT molecular complexity index is 1120. The molecule has 1 heterocycles. The van der Waals surface area contributed by atoms with Crippen LogP contribution in [0.25, 0.3) is 0 Å².